The number of sulfonamides is 1. The summed E-state index contributed by atoms with van der Waals surface area (Å²) in [4.78, 5) is -0.455. The van der Waals surface area contributed by atoms with Crippen LogP contribution in [0.2, 0.25) is 0 Å². The average molecular weight is 273 g/mol. The third-order valence-corrected chi connectivity index (χ3v) is 3.55. The highest BCUT2D eigenvalue weighted by Gasteiger charge is 2.16. The first-order chi connectivity index (χ1) is 8.47. The molecule has 0 aliphatic heterocycles. The SMILES string of the molecule is O=S(=O)(NCc1cn[nH]c1)c1cc(F)cc(F)c1. The molecule has 0 bridgehead atoms. The van der Waals surface area contributed by atoms with Crippen molar-refractivity contribution in [3.63, 3.8) is 0 Å². The molecule has 0 spiro atoms. The monoisotopic (exact) mass is 273 g/mol. The highest BCUT2D eigenvalue weighted by Crippen LogP contribution is 2.13. The molecule has 0 saturated carbocycles. The summed E-state index contributed by atoms with van der Waals surface area (Å²) in [5.74, 6) is -1.89. The molecule has 0 atom stereocenters. The summed E-state index contributed by atoms with van der Waals surface area (Å²) in [5.41, 5.74) is 0.607. The fourth-order valence-electron chi connectivity index (χ4n) is 1.32. The summed E-state index contributed by atoms with van der Waals surface area (Å²) >= 11 is 0. The highest BCUT2D eigenvalue weighted by molar-refractivity contribution is 7.89. The van der Waals surface area contributed by atoms with Crippen LogP contribution in [0.1, 0.15) is 5.56 Å². The summed E-state index contributed by atoms with van der Waals surface area (Å²) in [5, 5.41) is 6.16. The van der Waals surface area contributed by atoms with Gasteiger partial charge in [0.25, 0.3) is 0 Å². The van der Waals surface area contributed by atoms with E-state index in [1.807, 2.05) is 0 Å². The third-order valence-electron chi connectivity index (χ3n) is 2.17. The number of hydrogen-bond donors (Lipinski definition) is 2. The Balaban J connectivity index is 2.20. The van der Waals surface area contributed by atoms with Crippen LogP contribution in [0.25, 0.3) is 0 Å². The standard InChI is InChI=1S/C10H9F2N3O2S/c11-8-1-9(12)3-10(2-8)18(16,17)15-6-7-4-13-14-5-7/h1-5,15H,6H2,(H,13,14). The van der Waals surface area contributed by atoms with Crippen molar-refractivity contribution < 1.29 is 17.2 Å². The maximum absolute atomic E-state index is 12.9. The Morgan fingerprint density at radius 3 is 2.44 bits per heavy atom. The van der Waals surface area contributed by atoms with Gasteiger partial charge >= 0.3 is 0 Å². The van der Waals surface area contributed by atoms with E-state index in [4.69, 9.17) is 0 Å². The lowest BCUT2D eigenvalue weighted by Crippen LogP contribution is -2.23. The second kappa shape index (κ2) is 4.83. The number of rotatable bonds is 4. The number of benzene rings is 1. The summed E-state index contributed by atoms with van der Waals surface area (Å²) < 4.78 is 51.6. The summed E-state index contributed by atoms with van der Waals surface area (Å²) in [6, 6.07) is 2.11. The molecule has 2 rings (SSSR count). The van der Waals surface area contributed by atoms with Gasteiger partial charge in [-0.25, -0.2) is 21.9 Å². The van der Waals surface area contributed by atoms with Crippen LogP contribution < -0.4 is 4.72 Å². The minimum atomic E-state index is -3.95. The van der Waals surface area contributed by atoms with Crippen molar-refractivity contribution in [3.8, 4) is 0 Å². The molecule has 1 aromatic carbocycles. The van der Waals surface area contributed by atoms with Gasteiger partial charge in [0, 0.05) is 24.4 Å². The van der Waals surface area contributed by atoms with Gasteiger partial charge < -0.3 is 0 Å². The Labute approximate surface area is 102 Å². The van der Waals surface area contributed by atoms with E-state index in [0.717, 1.165) is 12.1 Å². The van der Waals surface area contributed by atoms with Crippen molar-refractivity contribution in [1.29, 1.82) is 0 Å². The maximum atomic E-state index is 12.9. The summed E-state index contributed by atoms with van der Waals surface area (Å²) in [7, 11) is -3.95. The molecule has 0 fully saturated rings. The molecule has 2 aromatic rings. The number of nitrogens with zero attached hydrogens (tertiary/aromatic N) is 1. The van der Waals surface area contributed by atoms with Gasteiger partial charge in [-0.15, -0.1) is 0 Å². The van der Waals surface area contributed by atoms with Crippen molar-refractivity contribution in [2.75, 3.05) is 0 Å². The topological polar surface area (TPSA) is 74.8 Å². The normalized spacial score (nSPS) is 11.7. The molecule has 8 heteroatoms. The van der Waals surface area contributed by atoms with Crippen LogP contribution in [0.3, 0.4) is 0 Å². The fraction of sp³-hybridized carbons (Fsp3) is 0.100. The second-order valence-electron chi connectivity index (χ2n) is 3.54. The molecule has 0 aliphatic rings. The number of nitrogens with one attached hydrogen (secondary N) is 2. The zero-order valence-corrected chi connectivity index (χ0v) is 9.84. The first-order valence-electron chi connectivity index (χ1n) is 4.91. The van der Waals surface area contributed by atoms with Gasteiger partial charge in [-0.05, 0) is 12.1 Å². The van der Waals surface area contributed by atoms with E-state index in [-0.39, 0.29) is 6.54 Å². The maximum Gasteiger partial charge on any atom is 0.241 e. The van der Waals surface area contributed by atoms with Gasteiger partial charge in [-0.1, -0.05) is 0 Å². The molecule has 5 nitrogen and oxygen atoms in total. The van der Waals surface area contributed by atoms with Crippen LogP contribution in [-0.4, -0.2) is 18.6 Å². The van der Waals surface area contributed by atoms with Gasteiger partial charge in [-0.2, -0.15) is 5.10 Å². The predicted molar refractivity (Wildman–Crippen MR) is 59.0 cm³/mol. The Morgan fingerprint density at radius 1 is 1.22 bits per heavy atom. The molecule has 0 radical (unpaired) electrons. The largest absolute Gasteiger partial charge is 0.285 e. The fourth-order valence-corrected chi connectivity index (χ4v) is 2.38. The summed E-state index contributed by atoms with van der Waals surface area (Å²) in [6.45, 7) is -0.0169. The Kier molecular flexibility index (Phi) is 3.39. The first kappa shape index (κ1) is 12.7. The molecular weight excluding hydrogens is 264 g/mol. The number of hydrogen-bond acceptors (Lipinski definition) is 3. The van der Waals surface area contributed by atoms with Gasteiger partial charge in [-0.3, -0.25) is 5.10 Å². The molecule has 0 amide bonds. The molecule has 1 aromatic heterocycles. The molecule has 1 heterocycles. The highest BCUT2D eigenvalue weighted by atomic mass is 32.2. The first-order valence-corrected chi connectivity index (χ1v) is 6.39. The molecular formula is C10H9F2N3O2S. The lowest BCUT2D eigenvalue weighted by Gasteiger charge is -2.05. The van der Waals surface area contributed by atoms with Crippen LogP contribution in [0.15, 0.2) is 35.5 Å². The van der Waals surface area contributed by atoms with Gasteiger partial charge in [0.1, 0.15) is 11.6 Å². The van der Waals surface area contributed by atoms with E-state index in [0.29, 0.717) is 11.6 Å². The Hall–Kier alpha value is -1.80. The average Bonchev–Trinajstić information content (AvgIpc) is 2.78. The van der Waals surface area contributed by atoms with E-state index in [1.54, 1.807) is 0 Å². The minimum Gasteiger partial charge on any atom is -0.285 e. The zero-order chi connectivity index (χ0) is 13.2. The lowest BCUT2D eigenvalue weighted by atomic mass is 10.3. The van der Waals surface area contributed by atoms with E-state index < -0.39 is 26.6 Å². The van der Waals surface area contributed by atoms with E-state index in [1.165, 1.54) is 12.4 Å². The molecule has 0 aliphatic carbocycles. The van der Waals surface area contributed by atoms with Crippen LogP contribution in [-0.2, 0) is 16.6 Å². The smallest absolute Gasteiger partial charge is 0.241 e. The molecule has 0 unspecified atom stereocenters. The van der Waals surface area contributed by atoms with Crippen LogP contribution in [0.4, 0.5) is 8.78 Å². The van der Waals surface area contributed by atoms with Crippen molar-refractivity contribution in [2.45, 2.75) is 11.4 Å². The lowest BCUT2D eigenvalue weighted by molar-refractivity contribution is 0.561. The Morgan fingerprint density at radius 2 is 1.89 bits per heavy atom. The molecule has 2 N–H and O–H groups in total. The quantitative estimate of drug-likeness (QED) is 0.878. The number of halogens is 2. The summed E-state index contributed by atoms with van der Waals surface area (Å²) in [6.07, 6.45) is 2.95. The molecule has 18 heavy (non-hydrogen) atoms. The number of H-pyrrole nitrogens is 1. The van der Waals surface area contributed by atoms with Crippen LogP contribution in [0.5, 0.6) is 0 Å². The Bertz CT molecular complexity index is 621. The second-order valence-corrected chi connectivity index (χ2v) is 5.30. The number of aromatic amines is 1. The molecule has 96 valence electrons. The van der Waals surface area contributed by atoms with Gasteiger partial charge in [0.2, 0.25) is 10.0 Å². The van der Waals surface area contributed by atoms with Gasteiger partial charge in [0.05, 0.1) is 11.1 Å². The zero-order valence-electron chi connectivity index (χ0n) is 9.02. The number of aromatic nitrogens is 2. The van der Waals surface area contributed by atoms with Crippen LogP contribution in [0, 0.1) is 11.6 Å². The third kappa shape index (κ3) is 2.90. The van der Waals surface area contributed by atoms with Gasteiger partial charge in [0.15, 0.2) is 0 Å². The van der Waals surface area contributed by atoms with Crippen molar-refractivity contribution in [1.82, 2.24) is 14.9 Å². The van der Waals surface area contributed by atoms with E-state index in [9.17, 15) is 17.2 Å². The van der Waals surface area contributed by atoms with Crippen LogP contribution >= 0.6 is 0 Å². The van der Waals surface area contributed by atoms with Crippen molar-refractivity contribution in [2.24, 2.45) is 0 Å². The van der Waals surface area contributed by atoms with E-state index >= 15 is 0 Å². The molecule has 0 saturated heterocycles. The predicted octanol–water partition coefficient (Wildman–Crippen LogP) is 1.17. The van der Waals surface area contributed by atoms with Crippen molar-refractivity contribution in [3.05, 3.63) is 47.8 Å². The minimum absolute atomic E-state index is 0.0169. The van der Waals surface area contributed by atoms with E-state index in [2.05, 4.69) is 14.9 Å². The van der Waals surface area contributed by atoms with Crippen molar-refractivity contribution >= 4 is 10.0 Å².